The van der Waals surface area contributed by atoms with Crippen molar-refractivity contribution in [3.05, 3.63) is 70.6 Å². The Morgan fingerprint density at radius 1 is 0.944 bits per heavy atom. The predicted molar refractivity (Wildman–Crippen MR) is 72.1 cm³/mol. The molecule has 3 nitrogen and oxygen atoms in total. The Labute approximate surface area is 104 Å². The van der Waals surface area contributed by atoms with Gasteiger partial charge in [0.15, 0.2) is 0 Å². The van der Waals surface area contributed by atoms with E-state index in [2.05, 4.69) is 5.10 Å². The van der Waals surface area contributed by atoms with E-state index in [1.165, 1.54) is 4.68 Å². The summed E-state index contributed by atoms with van der Waals surface area (Å²) in [6, 6.07) is 15.2. The third-order valence-corrected chi connectivity index (χ3v) is 3.05. The van der Waals surface area contributed by atoms with Crippen molar-refractivity contribution in [3.8, 4) is 5.69 Å². The van der Waals surface area contributed by atoms with Gasteiger partial charge < -0.3 is 0 Å². The highest BCUT2D eigenvalue weighted by atomic mass is 16.1. The van der Waals surface area contributed by atoms with Crippen molar-refractivity contribution in [2.24, 2.45) is 0 Å². The minimum Gasteiger partial charge on any atom is -0.267 e. The molecule has 0 aliphatic rings. The molecule has 1 heterocycles. The molecule has 0 aliphatic heterocycles. The third kappa shape index (κ3) is 1.61. The molecule has 0 atom stereocenters. The first-order chi connectivity index (χ1) is 8.77. The van der Waals surface area contributed by atoms with Crippen LogP contribution in [0.2, 0.25) is 0 Å². The van der Waals surface area contributed by atoms with E-state index in [4.69, 9.17) is 0 Å². The van der Waals surface area contributed by atoms with E-state index in [1.807, 2.05) is 55.5 Å². The molecule has 1 aromatic heterocycles. The average Bonchev–Trinajstić information content (AvgIpc) is 2.41. The maximum atomic E-state index is 12.4. The molecule has 0 unspecified atom stereocenters. The van der Waals surface area contributed by atoms with Crippen LogP contribution in [0.25, 0.3) is 16.5 Å². The number of rotatable bonds is 1. The minimum atomic E-state index is -0.0811. The molecule has 0 radical (unpaired) electrons. The smallest absolute Gasteiger partial charge is 0.267 e. The van der Waals surface area contributed by atoms with E-state index in [0.29, 0.717) is 5.39 Å². The molecular formula is C15H12N2O. The van der Waals surface area contributed by atoms with Crippen LogP contribution in [0, 0.1) is 6.92 Å². The van der Waals surface area contributed by atoms with Crippen LogP contribution in [0.4, 0.5) is 0 Å². The van der Waals surface area contributed by atoms with Crippen molar-refractivity contribution >= 4 is 10.8 Å². The van der Waals surface area contributed by atoms with E-state index >= 15 is 0 Å². The van der Waals surface area contributed by atoms with E-state index in [-0.39, 0.29) is 5.56 Å². The van der Waals surface area contributed by atoms with Crippen molar-refractivity contribution in [1.29, 1.82) is 0 Å². The molecule has 88 valence electrons. The zero-order valence-electron chi connectivity index (χ0n) is 10.00. The summed E-state index contributed by atoms with van der Waals surface area (Å²) in [6.45, 7) is 1.98. The van der Waals surface area contributed by atoms with E-state index < -0.39 is 0 Å². The van der Waals surface area contributed by atoms with Gasteiger partial charge in [0.2, 0.25) is 0 Å². The van der Waals surface area contributed by atoms with Crippen LogP contribution >= 0.6 is 0 Å². The number of nitrogens with zero attached hydrogens (tertiary/aromatic N) is 2. The first-order valence-electron chi connectivity index (χ1n) is 5.80. The Kier molecular flexibility index (Phi) is 2.45. The molecule has 0 fully saturated rings. The fourth-order valence-electron chi connectivity index (χ4n) is 2.07. The van der Waals surface area contributed by atoms with Gasteiger partial charge in [-0.15, -0.1) is 0 Å². The Morgan fingerprint density at radius 2 is 1.72 bits per heavy atom. The molecule has 0 bridgehead atoms. The molecule has 3 aromatic rings. The molecule has 3 rings (SSSR count). The molecule has 0 amide bonds. The SMILES string of the molecule is Cc1cccc2c(=O)n(-c3ccccc3)ncc12. The van der Waals surface area contributed by atoms with E-state index in [0.717, 1.165) is 16.6 Å². The molecule has 0 N–H and O–H groups in total. The second-order valence-electron chi connectivity index (χ2n) is 4.23. The second kappa shape index (κ2) is 4.11. The molecule has 3 heteroatoms. The van der Waals surface area contributed by atoms with Gasteiger partial charge in [-0.2, -0.15) is 9.78 Å². The van der Waals surface area contributed by atoms with Crippen LogP contribution in [0.5, 0.6) is 0 Å². The topological polar surface area (TPSA) is 34.9 Å². The van der Waals surface area contributed by atoms with E-state index in [9.17, 15) is 4.79 Å². The summed E-state index contributed by atoms with van der Waals surface area (Å²) < 4.78 is 1.43. The molecule has 0 saturated carbocycles. The average molecular weight is 236 g/mol. The molecule has 2 aromatic carbocycles. The summed E-state index contributed by atoms with van der Waals surface area (Å²) in [5, 5.41) is 5.86. The van der Waals surface area contributed by atoms with Crippen molar-refractivity contribution in [2.45, 2.75) is 6.92 Å². The van der Waals surface area contributed by atoms with Gasteiger partial charge in [0, 0.05) is 5.39 Å². The highest BCUT2D eigenvalue weighted by Gasteiger charge is 2.06. The quantitative estimate of drug-likeness (QED) is 0.651. The standard InChI is InChI=1S/C15H12N2O/c1-11-6-5-9-13-14(11)10-16-17(15(13)18)12-7-3-2-4-8-12/h2-10H,1H3. The van der Waals surface area contributed by atoms with E-state index in [1.54, 1.807) is 6.20 Å². The Morgan fingerprint density at radius 3 is 2.50 bits per heavy atom. The third-order valence-electron chi connectivity index (χ3n) is 3.05. The lowest BCUT2D eigenvalue weighted by Gasteiger charge is -2.06. The van der Waals surface area contributed by atoms with Crippen molar-refractivity contribution in [3.63, 3.8) is 0 Å². The normalized spacial score (nSPS) is 10.7. The predicted octanol–water partition coefficient (Wildman–Crippen LogP) is 2.69. The summed E-state index contributed by atoms with van der Waals surface area (Å²) in [6.07, 6.45) is 1.75. The van der Waals surface area contributed by atoms with Gasteiger partial charge in [0.05, 0.1) is 17.3 Å². The maximum Gasteiger partial charge on any atom is 0.279 e. The summed E-state index contributed by atoms with van der Waals surface area (Å²) in [5.41, 5.74) is 1.77. The van der Waals surface area contributed by atoms with Gasteiger partial charge >= 0.3 is 0 Å². The Hall–Kier alpha value is -2.42. The van der Waals surface area contributed by atoms with Crippen LogP contribution in [0.15, 0.2) is 59.5 Å². The van der Waals surface area contributed by atoms with Gasteiger partial charge in [-0.3, -0.25) is 4.79 Å². The Bertz CT molecular complexity index is 760. The highest BCUT2D eigenvalue weighted by Crippen LogP contribution is 2.14. The number of hydrogen-bond donors (Lipinski definition) is 0. The molecule has 0 saturated heterocycles. The number of aryl methyl sites for hydroxylation is 1. The number of hydrogen-bond acceptors (Lipinski definition) is 2. The zero-order valence-corrected chi connectivity index (χ0v) is 10.00. The summed E-state index contributed by atoms with van der Waals surface area (Å²) in [4.78, 5) is 12.4. The van der Waals surface area contributed by atoms with Crippen LogP contribution in [-0.2, 0) is 0 Å². The second-order valence-corrected chi connectivity index (χ2v) is 4.23. The van der Waals surface area contributed by atoms with Crippen LogP contribution < -0.4 is 5.56 Å². The van der Waals surface area contributed by atoms with Crippen LogP contribution in [0.1, 0.15) is 5.56 Å². The molecule has 18 heavy (non-hydrogen) atoms. The van der Waals surface area contributed by atoms with Crippen LogP contribution in [0.3, 0.4) is 0 Å². The summed E-state index contributed by atoms with van der Waals surface area (Å²) in [5.74, 6) is 0. The monoisotopic (exact) mass is 236 g/mol. The van der Waals surface area contributed by atoms with Gasteiger partial charge in [-0.1, -0.05) is 30.3 Å². The minimum absolute atomic E-state index is 0.0811. The van der Waals surface area contributed by atoms with Gasteiger partial charge in [0.25, 0.3) is 5.56 Å². The number of para-hydroxylation sites is 1. The Balaban J connectivity index is 2.35. The maximum absolute atomic E-state index is 12.4. The van der Waals surface area contributed by atoms with Gasteiger partial charge in [-0.05, 0) is 30.7 Å². The fraction of sp³-hybridized carbons (Fsp3) is 0.0667. The first kappa shape index (κ1) is 10.7. The molecule has 0 spiro atoms. The number of aromatic nitrogens is 2. The fourth-order valence-corrected chi connectivity index (χ4v) is 2.07. The summed E-state index contributed by atoms with van der Waals surface area (Å²) >= 11 is 0. The lowest BCUT2D eigenvalue weighted by molar-refractivity contribution is 0.821. The van der Waals surface area contributed by atoms with Crippen molar-refractivity contribution in [1.82, 2.24) is 9.78 Å². The number of benzene rings is 2. The van der Waals surface area contributed by atoms with Crippen molar-refractivity contribution < 1.29 is 0 Å². The molecular weight excluding hydrogens is 224 g/mol. The lowest BCUT2D eigenvalue weighted by atomic mass is 10.1. The van der Waals surface area contributed by atoms with Crippen molar-refractivity contribution in [2.75, 3.05) is 0 Å². The van der Waals surface area contributed by atoms with Gasteiger partial charge in [0.1, 0.15) is 0 Å². The first-order valence-corrected chi connectivity index (χ1v) is 5.80. The largest absolute Gasteiger partial charge is 0.279 e. The van der Waals surface area contributed by atoms with Crippen LogP contribution in [-0.4, -0.2) is 9.78 Å². The highest BCUT2D eigenvalue weighted by molar-refractivity contribution is 5.83. The molecule has 0 aliphatic carbocycles. The number of fused-ring (bicyclic) bond motifs is 1. The lowest BCUT2D eigenvalue weighted by Crippen LogP contribution is -2.20. The zero-order chi connectivity index (χ0) is 12.5. The van der Waals surface area contributed by atoms with Gasteiger partial charge in [-0.25, -0.2) is 0 Å². The summed E-state index contributed by atoms with van der Waals surface area (Å²) in [7, 11) is 0.